The van der Waals surface area contributed by atoms with Gasteiger partial charge in [0.1, 0.15) is 0 Å². The third-order valence-electron chi connectivity index (χ3n) is 2.68. The molecule has 1 aromatic rings. The average molecular weight is 284 g/mol. The van der Waals surface area contributed by atoms with Crippen molar-refractivity contribution in [3.8, 4) is 0 Å². The molecule has 0 radical (unpaired) electrons. The lowest BCUT2D eigenvalue weighted by Crippen LogP contribution is -2.30. The molecule has 1 aliphatic rings. The summed E-state index contributed by atoms with van der Waals surface area (Å²) in [4.78, 5) is 11.4. The first-order chi connectivity index (χ1) is 9.41. The number of esters is 1. The summed E-state index contributed by atoms with van der Waals surface area (Å²) in [5.41, 5.74) is 5.91. The molecule has 1 aromatic carbocycles. The fourth-order valence-corrected chi connectivity index (χ4v) is 1.65. The van der Waals surface area contributed by atoms with Gasteiger partial charge in [-0.25, -0.2) is 4.79 Å². The summed E-state index contributed by atoms with van der Waals surface area (Å²) in [5, 5.41) is 0. The molecular formula is C13H11F3N2O2. The first-order valence-corrected chi connectivity index (χ1v) is 5.61. The first-order valence-electron chi connectivity index (χ1n) is 5.61. The minimum absolute atomic E-state index is 0.265. The lowest BCUT2D eigenvalue weighted by Gasteiger charge is -2.17. The highest BCUT2D eigenvalue weighted by molar-refractivity contribution is 5.94. The van der Waals surface area contributed by atoms with Crippen molar-refractivity contribution in [2.75, 3.05) is 7.11 Å². The highest BCUT2D eigenvalue weighted by Crippen LogP contribution is 2.30. The Morgan fingerprint density at radius 2 is 1.85 bits per heavy atom. The Labute approximate surface area is 112 Å². The Bertz CT molecular complexity index is 574. The van der Waals surface area contributed by atoms with E-state index in [2.05, 4.69) is 15.6 Å². The maximum absolute atomic E-state index is 12.5. The molecule has 0 amide bonds. The third-order valence-corrected chi connectivity index (χ3v) is 2.68. The lowest BCUT2D eigenvalue weighted by atomic mass is 10.1. The van der Waals surface area contributed by atoms with E-state index in [0.717, 1.165) is 12.1 Å². The van der Waals surface area contributed by atoms with E-state index in [1.807, 2.05) is 0 Å². The highest BCUT2D eigenvalue weighted by Gasteiger charge is 2.30. The normalized spacial score (nSPS) is 14.6. The molecule has 0 aliphatic carbocycles. The summed E-state index contributed by atoms with van der Waals surface area (Å²) in [6.45, 7) is 0. The van der Waals surface area contributed by atoms with Crippen molar-refractivity contribution < 1.29 is 22.7 Å². The fourth-order valence-electron chi connectivity index (χ4n) is 1.65. The first kappa shape index (κ1) is 14.0. The van der Waals surface area contributed by atoms with Gasteiger partial charge in [-0.3, -0.25) is 0 Å². The number of hydrogen-bond acceptors (Lipinski definition) is 4. The summed E-state index contributed by atoms with van der Waals surface area (Å²) < 4.78 is 42.0. The maximum Gasteiger partial charge on any atom is 0.416 e. The number of benzene rings is 1. The Morgan fingerprint density at radius 3 is 2.40 bits per heavy atom. The van der Waals surface area contributed by atoms with E-state index in [9.17, 15) is 18.0 Å². The molecule has 1 heterocycles. The molecule has 0 aromatic heterocycles. The molecule has 106 valence electrons. The van der Waals surface area contributed by atoms with Crippen LogP contribution in [0.1, 0.15) is 11.1 Å². The molecule has 7 heteroatoms. The second-order valence-electron chi connectivity index (χ2n) is 3.99. The van der Waals surface area contributed by atoms with Crippen LogP contribution in [-0.4, -0.2) is 13.1 Å². The van der Waals surface area contributed by atoms with Crippen molar-refractivity contribution in [3.05, 3.63) is 53.2 Å². The molecule has 0 fully saturated rings. The van der Waals surface area contributed by atoms with Crippen molar-refractivity contribution in [1.82, 2.24) is 10.9 Å². The topological polar surface area (TPSA) is 50.4 Å². The largest absolute Gasteiger partial charge is 0.465 e. The van der Waals surface area contributed by atoms with Gasteiger partial charge in [-0.2, -0.15) is 13.2 Å². The molecule has 20 heavy (non-hydrogen) atoms. The van der Waals surface area contributed by atoms with Crippen LogP contribution in [0.25, 0.3) is 5.70 Å². The number of carbonyl (C=O) groups excluding carboxylic acids is 1. The van der Waals surface area contributed by atoms with Crippen LogP contribution >= 0.6 is 0 Å². The van der Waals surface area contributed by atoms with Crippen LogP contribution in [-0.2, 0) is 15.7 Å². The number of nitrogens with one attached hydrogen (secondary N) is 2. The number of rotatable bonds is 2. The average Bonchev–Trinajstić information content (AvgIpc) is 2.46. The molecule has 0 spiro atoms. The van der Waals surface area contributed by atoms with E-state index in [1.54, 1.807) is 0 Å². The number of halogens is 3. The van der Waals surface area contributed by atoms with Gasteiger partial charge in [0, 0.05) is 6.20 Å². The molecular weight excluding hydrogens is 273 g/mol. The van der Waals surface area contributed by atoms with Crippen LogP contribution in [0.4, 0.5) is 13.2 Å². The number of methoxy groups -OCH3 is 1. The van der Waals surface area contributed by atoms with Crippen LogP contribution in [0.5, 0.6) is 0 Å². The smallest absolute Gasteiger partial charge is 0.416 e. The molecule has 0 saturated carbocycles. The lowest BCUT2D eigenvalue weighted by molar-refractivity contribution is -0.137. The van der Waals surface area contributed by atoms with Crippen LogP contribution in [0.3, 0.4) is 0 Å². The molecule has 1 aliphatic heterocycles. The minimum Gasteiger partial charge on any atom is -0.465 e. The van der Waals surface area contributed by atoms with Gasteiger partial charge in [-0.1, -0.05) is 12.1 Å². The van der Waals surface area contributed by atoms with Gasteiger partial charge in [0.15, 0.2) is 0 Å². The number of alkyl halides is 3. The quantitative estimate of drug-likeness (QED) is 0.818. The van der Waals surface area contributed by atoms with Gasteiger partial charge in [0.25, 0.3) is 0 Å². The third kappa shape index (κ3) is 2.93. The van der Waals surface area contributed by atoms with E-state index in [0.29, 0.717) is 11.3 Å². The monoisotopic (exact) mass is 284 g/mol. The molecule has 4 nitrogen and oxygen atoms in total. The van der Waals surface area contributed by atoms with Crippen molar-refractivity contribution in [2.45, 2.75) is 6.18 Å². The van der Waals surface area contributed by atoms with E-state index in [-0.39, 0.29) is 5.57 Å². The minimum atomic E-state index is -4.37. The summed E-state index contributed by atoms with van der Waals surface area (Å²) in [7, 11) is 1.25. The number of ether oxygens (including phenoxy) is 1. The van der Waals surface area contributed by atoms with Crippen molar-refractivity contribution in [3.63, 3.8) is 0 Å². The van der Waals surface area contributed by atoms with Crippen LogP contribution in [0.2, 0.25) is 0 Å². The van der Waals surface area contributed by atoms with Gasteiger partial charge < -0.3 is 15.6 Å². The Morgan fingerprint density at radius 1 is 1.20 bits per heavy atom. The summed E-state index contributed by atoms with van der Waals surface area (Å²) in [6, 6.07) is 4.61. The highest BCUT2D eigenvalue weighted by atomic mass is 19.4. The Balaban J connectivity index is 2.26. The van der Waals surface area contributed by atoms with Gasteiger partial charge in [0.05, 0.1) is 23.9 Å². The zero-order chi connectivity index (χ0) is 14.8. The number of hydrazine groups is 1. The zero-order valence-electron chi connectivity index (χ0n) is 10.4. The second kappa shape index (κ2) is 5.28. The summed E-state index contributed by atoms with van der Waals surface area (Å²) in [5.74, 6) is -0.539. The molecule has 2 N–H and O–H groups in total. The van der Waals surface area contributed by atoms with Gasteiger partial charge >= 0.3 is 12.1 Å². The molecule has 2 rings (SSSR count). The molecule has 0 saturated heterocycles. The van der Waals surface area contributed by atoms with Crippen molar-refractivity contribution in [2.24, 2.45) is 0 Å². The zero-order valence-corrected chi connectivity index (χ0v) is 10.4. The van der Waals surface area contributed by atoms with Crippen LogP contribution in [0, 0.1) is 0 Å². The van der Waals surface area contributed by atoms with Gasteiger partial charge in [0.2, 0.25) is 0 Å². The molecule has 0 atom stereocenters. The second-order valence-corrected chi connectivity index (χ2v) is 3.99. The van der Waals surface area contributed by atoms with Gasteiger partial charge in [-0.05, 0) is 23.8 Å². The van der Waals surface area contributed by atoms with Crippen molar-refractivity contribution >= 4 is 11.7 Å². The Hall–Kier alpha value is -2.44. The maximum atomic E-state index is 12.5. The van der Waals surface area contributed by atoms with E-state index in [1.165, 1.54) is 31.5 Å². The van der Waals surface area contributed by atoms with Crippen LogP contribution < -0.4 is 10.9 Å². The number of carbonyl (C=O) groups is 1. The van der Waals surface area contributed by atoms with Crippen molar-refractivity contribution in [1.29, 1.82) is 0 Å². The Kier molecular flexibility index (Phi) is 3.69. The van der Waals surface area contributed by atoms with E-state index in [4.69, 9.17) is 0 Å². The predicted molar refractivity (Wildman–Crippen MR) is 65.8 cm³/mol. The van der Waals surface area contributed by atoms with E-state index >= 15 is 0 Å². The summed E-state index contributed by atoms with van der Waals surface area (Å²) >= 11 is 0. The van der Waals surface area contributed by atoms with E-state index < -0.39 is 17.7 Å². The predicted octanol–water partition coefficient (Wildman–Crippen LogP) is 2.21. The summed E-state index contributed by atoms with van der Waals surface area (Å²) in [6.07, 6.45) is -1.48. The SMILES string of the molecule is COC(=O)C1=CNNC(c2ccc(C(F)(F)F)cc2)=C1. The fraction of sp³-hybridized carbons (Fsp3) is 0.154. The van der Waals surface area contributed by atoms with Gasteiger partial charge in [-0.15, -0.1) is 0 Å². The standard InChI is InChI=1S/C13H11F3N2O2/c1-20-12(19)9-6-11(18-17-7-9)8-2-4-10(5-3-8)13(14,15)16/h2-7,17-18H,1H3. The van der Waals surface area contributed by atoms with Crippen LogP contribution in [0.15, 0.2) is 42.1 Å². The number of hydrogen-bond donors (Lipinski definition) is 2. The molecule has 0 bridgehead atoms. The molecule has 0 unspecified atom stereocenters.